The molecular weight excluding hydrogens is 336 g/mol. The summed E-state index contributed by atoms with van der Waals surface area (Å²) in [6, 6.07) is 7.21. The van der Waals surface area contributed by atoms with Crippen LogP contribution in [0.1, 0.15) is 18.4 Å². The lowest BCUT2D eigenvalue weighted by atomic mass is 9.97. The standard InChI is InChI=1S/C16H19ClN2O3S/c1-23(21,22)19-10-7-14(8-11-19)16(20)18-9-3-5-13-4-2-6-15(17)12-13/h2,4,6,12,14H,7-11H2,1H3,(H,18,20). The number of piperidine rings is 1. The van der Waals surface area contributed by atoms with E-state index in [4.69, 9.17) is 11.6 Å². The molecule has 2 rings (SSSR count). The number of benzene rings is 1. The summed E-state index contributed by atoms with van der Waals surface area (Å²) >= 11 is 5.87. The molecule has 0 saturated carbocycles. The predicted octanol–water partition coefficient (Wildman–Crippen LogP) is 1.48. The largest absolute Gasteiger partial charge is 0.345 e. The van der Waals surface area contributed by atoms with E-state index >= 15 is 0 Å². The van der Waals surface area contributed by atoms with E-state index < -0.39 is 10.0 Å². The lowest BCUT2D eigenvalue weighted by Crippen LogP contribution is -2.42. The summed E-state index contributed by atoms with van der Waals surface area (Å²) in [4.78, 5) is 12.1. The maximum absolute atomic E-state index is 12.1. The van der Waals surface area contributed by atoms with E-state index in [0.29, 0.717) is 31.0 Å². The van der Waals surface area contributed by atoms with Gasteiger partial charge in [-0.15, -0.1) is 0 Å². The highest BCUT2D eigenvalue weighted by Crippen LogP contribution is 2.19. The van der Waals surface area contributed by atoms with Crippen molar-refractivity contribution in [3.63, 3.8) is 0 Å². The Hall–Kier alpha value is -1.55. The fourth-order valence-corrected chi connectivity index (χ4v) is 3.50. The molecule has 0 atom stereocenters. The summed E-state index contributed by atoms with van der Waals surface area (Å²) in [6.45, 7) is 1.05. The molecule has 1 aliphatic heterocycles. The Morgan fingerprint density at radius 3 is 2.70 bits per heavy atom. The van der Waals surface area contributed by atoms with Gasteiger partial charge in [0.1, 0.15) is 0 Å². The Morgan fingerprint density at radius 2 is 2.09 bits per heavy atom. The number of amides is 1. The van der Waals surface area contributed by atoms with Gasteiger partial charge in [0.05, 0.1) is 12.8 Å². The van der Waals surface area contributed by atoms with Gasteiger partial charge in [0.15, 0.2) is 0 Å². The molecule has 5 nitrogen and oxygen atoms in total. The van der Waals surface area contributed by atoms with Crippen molar-refractivity contribution in [1.29, 1.82) is 0 Å². The van der Waals surface area contributed by atoms with E-state index in [0.717, 1.165) is 5.56 Å². The number of nitrogens with zero attached hydrogens (tertiary/aromatic N) is 1. The van der Waals surface area contributed by atoms with E-state index in [1.807, 2.05) is 12.1 Å². The number of hydrogen-bond donors (Lipinski definition) is 1. The number of carbonyl (C=O) groups excluding carboxylic acids is 1. The number of carbonyl (C=O) groups is 1. The highest BCUT2D eigenvalue weighted by Gasteiger charge is 2.28. The minimum absolute atomic E-state index is 0.0708. The summed E-state index contributed by atoms with van der Waals surface area (Å²) in [5.41, 5.74) is 0.799. The zero-order chi connectivity index (χ0) is 16.9. The highest BCUT2D eigenvalue weighted by molar-refractivity contribution is 7.88. The summed E-state index contributed by atoms with van der Waals surface area (Å²) in [5.74, 6) is 5.60. The van der Waals surface area contributed by atoms with Gasteiger partial charge in [-0.1, -0.05) is 29.5 Å². The predicted molar refractivity (Wildman–Crippen MR) is 90.5 cm³/mol. The number of rotatable bonds is 3. The quantitative estimate of drug-likeness (QED) is 0.836. The Kier molecular flexibility index (Phi) is 6.05. The van der Waals surface area contributed by atoms with Gasteiger partial charge in [-0.3, -0.25) is 4.79 Å². The van der Waals surface area contributed by atoms with E-state index in [2.05, 4.69) is 17.2 Å². The van der Waals surface area contributed by atoms with E-state index in [1.54, 1.807) is 12.1 Å². The van der Waals surface area contributed by atoms with Crippen molar-refractivity contribution in [3.05, 3.63) is 34.9 Å². The third kappa shape index (κ3) is 5.54. The zero-order valence-corrected chi connectivity index (χ0v) is 14.5. The smallest absolute Gasteiger partial charge is 0.223 e. The molecule has 0 bridgehead atoms. The summed E-state index contributed by atoms with van der Waals surface area (Å²) in [5, 5.41) is 3.40. The van der Waals surface area contributed by atoms with Crippen LogP contribution in [0, 0.1) is 17.8 Å². The van der Waals surface area contributed by atoms with E-state index in [9.17, 15) is 13.2 Å². The molecule has 0 aromatic heterocycles. The topological polar surface area (TPSA) is 66.5 Å². The van der Waals surface area contributed by atoms with Crippen LogP contribution in [0.3, 0.4) is 0 Å². The fourth-order valence-electron chi connectivity index (χ4n) is 2.44. The number of hydrogen-bond acceptors (Lipinski definition) is 3. The second-order valence-corrected chi connectivity index (χ2v) is 7.89. The first-order valence-corrected chi connectivity index (χ1v) is 9.56. The number of sulfonamides is 1. The van der Waals surface area contributed by atoms with Crippen LogP contribution < -0.4 is 5.32 Å². The van der Waals surface area contributed by atoms with Crippen molar-refractivity contribution in [3.8, 4) is 11.8 Å². The second-order valence-electron chi connectivity index (χ2n) is 5.47. The van der Waals surface area contributed by atoms with Crippen LogP contribution in [-0.2, 0) is 14.8 Å². The molecule has 1 aromatic carbocycles. The summed E-state index contributed by atoms with van der Waals surface area (Å²) in [6.07, 6.45) is 2.28. The van der Waals surface area contributed by atoms with Gasteiger partial charge in [-0.25, -0.2) is 12.7 Å². The first-order valence-electron chi connectivity index (χ1n) is 7.33. The van der Waals surface area contributed by atoms with Gasteiger partial charge in [-0.05, 0) is 31.0 Å². The van der Waals surface area contributed by atoms with Crippen LogP contribution in [0.2, 0.25) is 5.02 Å². The molecule has 0 unspecified atom stereocenters. The van der Waals surface area contributed by atoms with Crippen LogP contribution in [0.4, 0.5) is 0 Å². The van der Waals surface area contributed by atoms with Gasteiger partial charge in [0.2, 0.25) is 15.9 Å². The maximum atomic E-state index is 12.1. The monoisotopic (exact) mass is 354 g/mol. The highest BCUT2D eigenvalue weighted by atomic mass is 35.5. The van der Waals surface area contributed by atoms with Crippen molar-refractivity contribution >= 4 is 27.5 Å². The van der Waals surface area contributed by atoms with Crippen LogP contribution in [0.25, 0.3) is 0 Å². The molecule has 0 spiro atoms. The molecule has 1 aliphatic rings. The molecule has 0 aliphatic carbocycles. The Morgan fingerprint density at radius 1 is 1.39 bits per heavy atom. The normalized spacial score (nSPS) is 16.4. The maximum Gasteiger partial charge on any atom is 0.223 e. The zero-order valence-electron chi connectivity index (χ0n) is 12.9. The molecule has 1 aromatic rings. The number of nitrogens with one attached hydrogen (secondary N) is 1. The van der Waals surface area contributed by atoms with Crippen molar-refractivity contribution in [1.82, 2.24) is 9.62 Å². The van der Waals surface area contributed by atoms with Crippen LogP contribution in [0.5, 0.6) is 0 Å². The molecule has 1 heterocycles. The third-order valence-corrected chi connectivity index (χ3v) is 5.24. The molecular formula is C16H19ClN2O3S. The van der Waals surface area contributed by atoms with Crippen molar-refractivity contribution in [2.45, 2.75) is 12.8 Å². The molecule has 124 valence electrons. The summed E-state index contributed by atoms with van der Waals surface area (Å²) in [7, 11) is -3.16. The molecule has 7 heteroatoms. The van der Waals surface area contributed by atoms with E-state index in [-0.39, 0.29) is 18.4 Å². The van der Waals surface area contributed by atoms with Crippen LogP contribution in [-0.4, -0.2) is 44.5 Å². The average Bonchev–Trinajstić information content (AvgIpc) is 2.51. The van der Waals surface area contributed by atoms with Gasteiger partial charge >= 0.3 is 0 Å². The van der Waals surface area contributed by atoms with E-state index in [1.165, 1.54) is 10.6 Å². The van der Waals surface area contributed by atoms with Gasteiger partial charge < -0.3 is 5.32 Å². The van der Waals surface area contributed by atoms with Crippen molar-refractivity contribution < 1.29 is 13.2 Å². The fraction of sp³-hybridized carbons (Fsp3) is 0.438. The average molecular weight is 355 g/mol. The molecule has 23 heavy (non-hydrogen) atoms. The third-order valence-electron chi connectivity index (χ3n) is 3.70. The SMILES string of the molecule is CS(=O)(=O)N1CCC(C(=O)NCC#Cc2cccc(Cl)c2)CC1. The molecule has 0 radical (unpaired) electrons. The molecule has 1 amide bonds. The first-order chi connectivity index (χ1) is 10.9. The molecule has 1 N–H and O–H groups in total. The Bertz CT molecular complexity index is 729. The molecule has 1 saturated heterocycles. The van der Waals surface area contributed by atoms with Gasteiger partial charge in [-0.2, -0.15) is 0 Å². The van der Waals surface area contributed by atoms with Crippen molar-refractivity contribution in [2.75, 3.05) is 25.9 Å². The summed E-state index contributed by atoms with van der Waals surface area (Å²) < 4.78 is 24.3. The van der Waals surface area contributed by atoms with Crippen LogP contribution in [0.15, 0.2) is 24.3 Å². The number of halogens is 1. The Labute approximate surface area is 142 Å². The minimum atomic E-state index is -3.16. The lowest BCUT2D eigenvalue weighted by Gasteiger charge is -2.29. The van der Waals surface area contributed by atoms with Gasteiger partial charge in [0, 0.05) is 29.6 Å². The lowest BCUT2D eigenvalue weighted by molar-refractivity contribution is -0.125. The van der Waals surface area contributed by atoms with Crippen LogP contribution >= 0.6 is 11.6 Å². The van der Waals surface area contributed by atoms with Gasteiger partial charge in [0.25, 0.3) is 0 Å². The molecule has 1 fully saturated rings. The van der Waals surface area contributed by atoms with Crippen molar-refractivity contribution in [2.24, 2.45) is 5.92 Å². The Balaban J connectivity index is 1.78. The minimum Gasteiger partial charge on any atom is -0.345 e. The second kappa shape index (κ2) is 7.82. The first kappa shape index (κ1) is 17.8.